The molecule has 3 aliphatic rings. The number of terminal acetylenes is 1. The highest BCUT2D eigenvalue weighted by Crippen LogP contribution is 2.30. The molecule has 0 spiro atoms. The second kappa shape index (κ2) is 2.29. The van der Waals surface area contributed by atoms with E-state index in [4.69, 9.17) is 6.42 Å². The van der Waals surface area contributed by atoms with Gasteiger partial charge in [-0.3, -0.25) is 4.90 Å². The monoisotopic (exact) mass is 135 g/mol. The van der Waals surface area contributed by atoms with Gasteiger partial charge in [-0.05, 0) is 38.3 Å². The van der Waals surface area contributed by atoms with Crippen LogP contribution in [0.4, 0.5) is 0 Å². The molecule has 0 aliphatic carbocycles. The Kier molecular flexibility index (Phi) is 1.43. The van der Waals surface area contributed by atoms with E-state index < -0.39 is 0 Å². The quantitative estimate of drug-likeness (QED) is 0.450. The molecule has 1 heteroatoms. The lowest BCUT2D eigenvalue weighted by molar-refractivity contribution is 0.0783. The summed E-state index contributed by atoms with van der Waals surface area (Å²) in [6.07, 6.45) is 9.43. The van der Waals surface area contributed by atoms with Gasteiger partial charge in [0, 0.05) is 0 Å². The van der Waals surface area contributed by atoms with Gasteiger partial charge in [-0.2, -0.15) is 0 Å². The first kappa shape index (κ1) is 6.24. The van der Waals surface area contributed by atoms with E-state index in [0.29, 0.717) is 6.04 Å². The molecule has 0 saturated carbocycles. The molecule has 3 rings (SSSR count). The summed E-state index contributed by atoms with van der Waals surface area (Å²) in [7, 11) is 0. The molecular formula is C9H13N. The standard InChI is InChI=1S/C9H13N/c1-2-9-7-8-3-5-10(9)6-4-8/h1,8-9H,3-7H2. The van der Waals surface area contributed by atoms with Crippen LogP contribution in [-0.2, 0) is 0 Å². The summed E-state index contributed by atoms with van der Waals surface area (Å²) in [6.45, 7) is 2.50. The number of piperidine rings is 3. The molecule has 0 aromatic rings. The lowest BCUT2D eigenvalue weighted by atomic mass is 9.84. The molecule has 1 nitrogen and oxygen atoms in total. The summed E-state index contributed by atoms with van der Waals surface area (Å²) in [5, 5.41) is 0. The third kappa shape index (κ3) is 0.839. The minimum absolute atomic E-state index is 0.479. The molecular weight excluding hydrogens is 122 g/mol. The van der Waals surface area contributed by atoms with E-state index in [2.05, 4.69) is 10.8 Å². The summed E-state index contributed by atoms with van der Waals surface area (Å²) >= 11 is 0. The van der Waals surface area contributed by atoms with Gasteiger partial charge >= 0.3 is 0 Å². The lowest BCUT2D eigenvalue weighted by Crippen LogP contribution is -2.47. The fourth-order valence-corrected chi connectivity index (χ4v) is 2.14. The third-order valence-corrected chi connectivity index (χ3v) is 2.84. The Morgan fingerprint density at radius 2 is 2.00 bits per heavy atom. The molecule has 1 atom stereocenters. The van der Waals surface area contributed by atoms with E-state index in [-0.39, 0.29) is 0 Å². The van der Waals surface area contributed by atoms with Crippen LogP contribution in [0.15, 0.2) is 0 Å². The summed E-state index contributed by atoms with van der Waals surface area (Å²) in [5.74, 6) is 3.81. The SMILES string of the molecule is C#CC1CC2CCN1CC2. The lowest BCUT2D eigenvalue weighted by Gasteiger charge is -2.43. The fraction of sp³-hybridized carbons (Fsp3) is 0.778. The Balaban J connectivity index is 2.09. The van der Waals surface area contributed by atoms with Crippen molar-refractivity contribution in [2.24, 2.45) is 5.92 Å². The van der Waals surface area contributed by atoms with Crippen LogP contribution in [0.2, 0.25) is 0 Å². The highest BCUT2D eigenvalue weighted by molar-refractivity contribution is 5.05. The molecule has 3 fully saturated rings. The van der Waals surface area contributed by atoms with Gasteiger partial charge < -0.3 is 0 Å². The van der Waals surface area contributed by atoms with Crippen molar-refractivity contribution < 1.29 is 0 Å². The van der Waals surface area contributed by atoms with Crippen LogP contribution in [0.3, 0.4) is 0 Å². The van der Waals surface area contributed by atoms with Crippen LogP contribution in [0.1, 0.15) is 19.3 Å². The zero-order valence-electron chi connectivity index (χ0n) is 6.21. The van der Waals surface area contributed by atoms with Gasteiger partial charge in [0.15, 0.2) is 0 Å². The molecule has 3 saturated heterocycles. The number of hydrogen-bond donors (Lipinski definition) is 0. The van der Waals surface area contributed by atoms with Gasteiger partial charge in [-0.25, -0.2) is 0 Å². The van der Waals surface area contributed by atoms with E-state index in [0.717, 1.165) is 5.92 Å². The second-order valence-corrected chi connectivity index (χ2v) is 3.40. The Morgan fingerprint density at radius 1 is 1.30 bits per heavy atom. The Labute approximate surface area is 62.4 Å². The average Bonchev–Trinajstić information content (AvgIpc) is 2.06. The van der Waals surface area contributed by atoms with Crippen molar-refractivity contribution in [1.29, 1.82) is 0 Å². The van der Waals surface area contributed by atoms with Gasteiger partial charge in [-0.15, -0.1) is 6.42 Å². The van der Waals surface area contributed by atoms with E-state index in [1.165, 1.54) is 32.4 Å². The van der Waals surface area contributed by atoms with Crippen LogP contribution < -0.4 is 0 Å². The van der Waals surface area contributed by atoms with Gasteiger partial charge in [0.25, 0.3) is 0 Å². The molecule has 1 unspecified atom stereocenters. The zero-order chi connectivity index (χ0) is 6.97. The maximum absolute atomic E-state index is 5.40. The molecule has 54 valence electrons. The fourth-order valence-electron chi connectivity index (χ4n) is 2.14. The molecule has 3 aliphatic heterocycles. The molecule has 10 heavy (non-hydrogen) atoms. The zero-order valence-corrected chi connectivity index (χ0v) is 6.21. The average molecular weight is 135 g/mol. The first-order valence-electron chi connectivity index (χ1n) is 4.10. The minimum Gasteiger partial charge on any atom is -0.290 e. The predicted molar refractivity (Wildman–Crippen MR) is 41.5 cm³/mol. The van der Waals surface area contributed by atoms with Crippen LogP contribution >= 0.6 is 0 Å². The van der Waals surface area contributed by atoms with Crippen molar-refractivity contribution >= 4 is 0 Å². The van der Waals surface area contributed by atoms with E-state index in [9.17, 15) is 0 Å². The highest BCUT2D eigenvalue weighted by atomic mass is 15.2. The number of rotatable bonds is 0. The van der Waals surface area contributed by atoms with Crippen molar-refractivity contribution in [3.05, 3.63) is 0 Å². The van der Waals surface area contributed by atoms with E-state index in [1.54, 1.807) is 0 Å². The smallest absolute Gasteiger partial charge is 0.0714 e. The molecule has 0 N–H and O–H groups in total. The molecule has 3 heterocycles. The molecule has 0 radical (unpaired) electrons. The van der Waals surface area contributed by atoms with E-state index >= 15 is 0 Å². The van der Waals surface area contributed by atoms with E-state index in [1.807, 2.05) is 0 Å². The first-order chi connectivity index (χ1) is 4.90. The van der Waals surface area contributed by atoms with Gasteiger partial charge in [-0.1, -0.05) is 5.92 Å². The highest BCUT2D eigenvalue weighted by Gasteiger charge is 2.31. The molecule has 0 aromatic carbocycles. The van der Waals surface area contributed by atoms with Gasteiger partial charge in [0.05, 0.1) is 6.04 Å². The van der Waals surface area contributed by atoms with Crippen molar-refractivity contribution in [2.75, 3.05) is 13.1 Å². The number of hydrogen-bond acceptors (Lipinski definition) is 1. The molecule has 0 amide bonds. The Bertz CT molecular complexity index is 160. The normalized spacial score (nSPS) is 44.9. The van der Waals surface area contributed by atoms with Gasteiger partial charge in [0.2, 0.25) is 0 Å². The predicted octanol–water partition coefficient (Wildman–Crippen LogP) is 1.10. The first-order valence-corrected chi connectivity index (χ1v) is 4.10. The summed E-state index contributed by atoms with van der Waals surface area (Å²) < 4.78 is 0. The van der Waals surface area contributed by atoms with Gasteiger partial charge in [0.1, 0.15) is 0 Å². The van der Waals surface area contributed by atoms with Crippen molar-refractivity contribution in [3.63, 3.8) is 0 Å². The Hall–Kier alpha value is -0.480. The summed E-state index contributed by atoms with van der Waals surface area (Å²) in [6, 6.07) is 0.479. The van der Waals surface area contributed by atoms with Crippen molar-refractivity contribution in [2.45, 2.75) is 25.3 Å². The summed E-state index contributed by atoms with van der Waals surface area (Å²) in [5.41, 5.74) is 0. The topological polar surface area (TPSA) is 3.24 Å². The Morgan fingerprint density at radius 3 is 2.30 bits per heavy atom. The summed E-state index contributed by atoms with van der Waals surface area (Å²) in [4.78, 5) is 2.44. The van der Waals surface area contributed by atoms with Crippen LogP contribution in [0.25, 0.3) is 0 Å². The van der Waals surface area contributed by atoms with Crippen LogP contribution in [0, 0.1) is 18.3 Å². The minimum atomic E-state index is 0.479. The van der Waals surface area contributed by atoms with Crippen molar-refractivity contribution in [3.8, 4) is 12.3 Å². The molecule has 0 aromatic heterocycles. The number of nitrogens with zero attached hydrogens (tertiary/aromatic N) is 1. The van der Waals surface area contributed by atoms with Crippen LogP contribution in [-0.4, -0.2) is 24.0 Å². The van der Waals surface area contributed by atoms with Crippen LogP contribution in [0.5, 0.6) is 0 Å². The maximum Gasteiger partial charge on any atom is 0.0714 e. The third-order valence-electron chi connectivity index (χ3n) is 2.84. The molecule has 2 bridgehead atoms. The second-order valence-electron chi connectivity index (χ2n) is 3.40. The maximum atomic E-state index is 5.40. The number of fused-ring (bicyclic) bond motifs is 3. The largest absolute Gasteiger partial charge is 0.290 e. The van der Waals surface area contributed by atoms with Crippen molar-refractivity contribution in [1.82, 2.24) is 4.90 Å².